The van der Waals surface area contributed by atoms with Gasteiger partial charge in [0, 0.05) is 19.3 Å². The number of carboxylic acid groups (broad SMARTS) is 4. The molecule has 30 heteroatoms. The predicted molar refractivity (Wildman–Crippen MR) is 256 cm³/mol. The molecule has 0 saturated heterocycles. The van der Waals surface area contributed by atoms with E-state index in [0.29, 0.717) is 0 Å². The Balaban J connectivity index is 6.62. The largest absolute Gasteiger partial charge is 0.481 e. The highest BCUT2D eigenvalue weighted by Gasteiger charge is 2.38. The van der Waals surface area contributed by atoms with Crippen molar-refractivity contribution in [3.8, 4) is 0 Å². The molecule has 0 aromatic heterocycles. The standard InChI is InChI=1S/C43H72N10O19S/c1-8-19(4)33(41(69)48-24(15-16-73-7)36(64)49-25(43(71)72)11-14-29(59)60)52-42(70)34(21(6)55)53-38(66)26(17-30(61)62)50-40(68)32(18(2)3)51-37(65)22(9-12-27(44)56)46-35(63)23(10-13-28(57)58)47-39(67)31(45)20(5)54/h18-26,31-34,54-55H,8-17,45H2,1-7H3,(H2,44,56)(H,46,63)(H,47,67)(H,48,69)(H,49,64)(H,50,68)(H,51,65)(H,52,70)(H,53,66)(H,57,58)(H,59,60)(H,61,62)(H,71,72)/t19-,20+,21+,22-,23-,24-,25-,26-,31-,32-,33-,34-/m0/s1. The summed E-state index contributed by atoms with van der Waals surface area (Å²) in [6.07, 6.45) is -5.71. The topological polar surface area (TPSA) is 492 Å². The van der Waals surface area contributed by atoms with Crippen LogP contribution in [-0.4, -0.2) is 186 Å². The van der Waals surface area contributed by atoms with E-state index in [-0.39, 0.29) is 18.6 Å². The molecular weight excluding hydrogens is 993 g/mol. The first kappa shape index (κ1) is 66.3. The average Bonchev–Trinajstić information content (AvgIpc) is 3.29. The van der Waals surface area contributed by atoms with Crippen LogP contribution >= 0.6 is 11.8 Å². The van der Waals surface area contributed by atoms with Gasteiger partial charge in [0.15, 0.2) is 0 Å². The first-order valence-electron chi connectivity index (χ1n) is 23.1. The van der Waals surface area contributed by atoms with Crippen LogP contribution in [0.4, 0.5) is 0 Å². The number of aliphatic hydroxyl groups excluding tert-OH is 2. The van der Waals surface area contributed by atoms with Gasteiger partial charge in [-0.15, -0.1) is 0 Å². The van der Waals surface area contributed by atoms with Crippen molar-refractivity contribution < 1.29 is 93.0 Å². The van der Waals surface area contributed by atoms with E-state index in [0.717, 1.165) is 6.92 Å². The van der Waals surface area contributed by atoms with Crippen molar-refractivity contribution in [2.45, 2.75) is 166 Å². The second-order valence-corrected chi connectivity index (χ2v) is 18.5. The van der Waals surface area contributed by atoms with Crippen molar-refractivity contribution >= 4 is 88.8 Å². The van der Waals surface area contributed by atoms with Crippen LogP contribution in [0, 0.1) is 11.8 Å². The summed E-state index contributed by atoms with van der Waals surface area (Å²) in [5.74, 6) is -17.1. The SMILES string of the molecule is CC[C@H](C)[C@H](NC(=O)[C@@H](NC(=O)[C@H](CC(=O)O)NC(=O)[C@@H](NC(=O)[C@H](CCC(N)=O)NC(=O)[C@H](CCC(=O)O)NC(=O)[C@@H](N)[C@@H](C)O)C(C)C)[C@@H](C)O)C(=O)N[C@@H](CCSC)C(=O)N[C@@H](CCC(=O)O)C(=O)O. The molecule has 0 aliphatic rings. The molecule has 0 heterocycles. The Labute approximate surface area is 424 Å². The number of hydrogen-bond donors (Lipinski definition) is 16. The van der Waals surface area contributed by atoms with Crippen LogP contribution < -0.4 is 54.0 Å². The highest BCUT2D eigenvalue weighted by molar-refractivity contribution is 7.98. The number of carbonyl (C=O) groups excluding carboxylic acids is 9. The minimum Gasteiger partial charge on any atom is -0.481 e. The van der Waals surface area contributed by atoms with Crippen molar-refractivity contribution in [2.24, 2.45) is 23.3 Å². The van der Waals surface area contributed by atoms with Crippen molar-refractivity contribution in [1.29, 1.82) is 0 Å². The number of nitrogens with two attached hydrogens (primary N) is 2. The third-order valence-electron chi connectivity index (χ3n) is 11.0. The minimum atomic E-state index is -2.02. The number of rotatable bonds is 36. The Morgan fingerprint density at radius 3 is 1.29 bits per heavy atom. The summed E-state index contributed by atoms with van der Waals surface area (Å²) in [5, 5.41) is 76.1. The van der Waals surface area contributed by atoms with Crippen LogP contribution in [-0.2, 0) is 62.3 Å². The zero-order valence-electron chi connectivity index (χ0n) is 41.6. The number of aliphatic carboxylic acids is 4. The molecule has 0 unspecified atom stereocenters. The molecule has 0 saturated carbocycles. The average molecular weight is 1070 g/mol. The van der Waals surface area contributed by atoms with Crippen LogP contribution in [0.1, 0.15) is 99.3 Å². The molecule has 18 N–H and O–H groups in total. The summed E-state index contributed by atoms with van der Waals surface area (Å²) in [4.78, 5) is 166. The molecular formula is C43H72N10O19S. The number of thioether (sulfide) groups is 1. The van der Waals surface area contributed by atoms with Crippen molar-refractivity contribution in [2.75, 3.05) is 12.0 Å². The van der Waals surface area contributed by atoms with Gasteiger partial charge in [0.05, 0.1) is 18.6 Å². The van der Waals surface area contributed by atoms with Gasteiger partial charge in [-0.2, -0.15) is 11.8 Å². The Kier molecular flexibility index (Phi) is 30.1. The number of carboxylic acids is 4. The third-order valence-corrected chi connectivity index (χ3v) is 11.7. The number of carbonyl (C=O) groups is 13. The van der Waals surface area contributed by atoms with Gasteiger partial charge in [-0.05, 0) is 63.4 Å². The summed E-state index contributed by atoms with van der Waals surface area (Å²) in [6, 6.07) is -15.0. The Morgan fingerprint density at radius 1 is 0.466 bits per heavy atom. The zero-order chi connectivity index (χ0) is 56.4. The number of hydrogen-bond acceptors (Lipinski definition) is 17. The smallest absolute Gasteiger partial charge is 0.326 e. The fraction of sp³-hybridized carbons (Fsp3) is 0.698. The fourth-order valence-electron chi connectivity index (χ4n) is 6.45. The van der Waals surface area contributed by atoms with E-state index in [9.17, 15) is 87.9 Å². The lowest BCUT2D eigenvalue weighted by Gasteiger charge is -2.30. The van der Waals surface area contributed by atoms with E-state index >= 15 is 0 Å². The lowest BCUT2D eigenvalue weighted by molar-refractivity contribution is -0.144. The second-order valence-electron chi connectivity index (χ2n) is 17.5. The van der Waals surface area contributed by atoms with Crippen LogP contribution in [0.15, 0.2) is 0 Å². The number of primary amides is 1. The predicted octanol–water partition coefficient (Wildman–Crippen LogP) is -5.04. The van der Waals surface area contributed by atoms with Crippen molar-refractivity contribution in [3.63, 3.8) is 0 Å². The molecule has 0 spiro atoms. The molecule has 0 rings (SSSR count). The minimum absolute atomic E-state index is 0.0400. The van der Waals surface area contributed by atoms with E-state index in [1.807, 2.05) is 0 Å². The third kappa shape index (κ3) is 25.0. The molecule has 12 atom stereocenters. The van der Waals surface area contributed by atoms with Gasteiger partial charge >= 0.3 is 23.9 Å². The molecule has 0 aliphatic carbocycles. The highest BCUT2D eigenvalue weighted by Crippen LogP contribution is 2.13. The van der Waals surface area contributed by atoms with Gasteiger partial charge < -0.3 is 84.6 Å². The van der Waals surface area contributed by atoms with Gasteiger partial charge in [0.2, 0.25) is 53.2 Å². The second kappa shape index (κ2) is 33.1. The number of aliphatic hydroxyl groups is 2. The summed E-state index contributed by atoms with van der Waals surface area (Å²) < 4.78 is 0. The van der Waals surface area contributed by atoms with Crippen LogP contribution in [0.25, 0.3) is 0 Å². The van der Waals surface area contributed by atoms with E-state index < -0.39 is 200 Å². The van der Waals surface area contributed by atoms with Gasteiger partial charge in [-0.3, -0.25) is 57.5 Å². The Hall–Kier alpha value is -6.66. The summed E-state index contributed by atoms with van der Waals surface area (Å²) in [6.45, 7) is 8.25. The molecule has 9 amide bonds. The monoisotopic (exact) mass is 1060 g/mol. The molecule has 0 aromatic rings. The van der Waals surface area contributed by atoms with E-state index in [4.69, 9.17) is 16.6 Å². The van der Waals surface area contributed by atoms with E-state index in [1.165, 1.54) is 39.5 Å². The molecule has 0 aromatic carbocycles. The van der Waals surface area contributed by atoms with Gasteiger partial charge in [0.1, 0.15) is 54.4 Å². The maximum Gasteiger partial charge on any atom is 0.326 e. The molecule has 0 bridgehead atoms. The van der Waals surface area contributed by atoms with Crippen LogP contribution in [0.2, 0.25) is 0 Å². The summed E-state index contributed by atoms with van der Waals surface area (Å²) in [5.41, 5.74) is 10.9. The van der Waals surface area contributed by atoms with Crippen LogP contribution in [0.5, 0.6) is 0 Å². The summed E-state index contributed by atoms with van der Waals surface area (Å²) in [7, 11) is 0. The summed E-state index contributed by atoms with van der Waals surface area (Å²) >= 11 is 1.28. The molecule has 0 aliphatic heterocycles. The molecule has 29 nitrogen and oxygen atoms in total. The lowest BCUT2D eigenvalue weighted by atomic mass is 9.96. The Morgan fingerprint density at radius 2 is 0.849 bits per heavy atom. The molecule has 414 valence electrons. The quantitative estimate of drug-likeness (QED) is 0.0279. The number of nitrogens with one attached hydrogen (secondary N) is 8. The number of amides is 9. The molecule has 0 radical (unpaired) electrons. The van der Waals surface area contributed by atoms with E-state index in [2.05, 4.69) is 42.5 Å². The van der Waals surface area contributed by atoms with Crippen molar-refractivity contribution in [3.05, 3.63) is 0 Å². The maximum absolute atomic E-state index is 13.8. The normalized spacial score (nSPS) is 16.0. The van der Waals surface area contributed by atoms with Gasteiger partial charge in [-0.25, -0.2) is 4.79 Å². The zero-order valence-corrected chi connectivity index (χ0v) is 42.4. The Bertz CT molecular complexity index is 1970. The lowest BCUT2D eigenvalue weighted by Crippen LogP contribution is -2.63. The van der Waals surface area contributed by atoms with E-state index in [1.54, 1.807) is 13.2 Å². The van der Waals surface area contributed by atoms with Crippen molar-refractivity contribution in [1.82, 2.24) is 42.5 Å². The molecule has 0 fully saturated rings. The molecule has 73 heavy (non-hydrogen) atoms. The highest BCUT2D eigenvalue weighted by atomic mass is 32.2. The van der Waals surface area contributed by atoms with Gasteiger partial charge in [-0.1, -0.05) is 34.1 Å². The fourth-order valence-corrected chi connectivity index (χ4v) is 6.92. The first-order chi connectivity index (χ1) is 33.9. The van der Waals surface area contributed by atoms with Crippen LogP contribution in [0.3, 0.4) is 0 Å². The first-order valence-corrected chi connectivity index (χ1v) is 24.5. The van der Waals surface area contributed by atoms with Gasteiger partial charge in [0.25, 0.3) is 0 Å². The maximum atomic E-state index is 13.8.